The minimum Gasteiger partial charge on any atom is -0.510 e. The SMILES string of the molecule is COC(=O)[C@H](C)NC(=O)c1ccc(NC(=O)NC2=C(O)CC(N)=NC2=N)cc1. The summed E-state index contributed by atoms with van der Waals surface area (Å²) in [6.07, 6.45) is -0.0637. The summed E-state index contributed by atoms with van der Waals surface area (Å²) in [4.78, 5) is 39.1. The minimum absolute atomic E-state index is 0.0637. The van der Waals surface area contributed by atoms with Crippen LogP contribution in [0.4, 0.5) is 10.5 Å². The number of carbonyl (C=O) groups excluding carboxylic acids is 3. The number of aliphatic hydroxyl groups is 1. The van der Waals surface area contributed by atoms with Crippen molar-refractivity contribution in [2.75, 3.05) is 12.4 Å². The van der Waals surface area contributed by atoms with Crippen LogP contribution in [0.25, 0.3) is 0 Å². The predicted octanol–water partition coefficient (Wildman–Crippen LogP) is 0.607. The molecule has 0 fully saturated rings. The van der Waals surface area contributed by atoms with Gasteiger partial charge in [0.2, 0.25) is 0 Å². The number of anilines is 1. The molecule has 0 aromatic heterocycles. The van der Waals surface area contributed by atoms with Gasteiger partial charge in [-0.15, -0.1) is 0 Å². The third kappa shape index (κ3) is 5.06. The van der Waals surface area contributed by atoms with Gasteiger partial charge in [0, 0.05) is 11.3 Å². The lowest BCUT2D eigenvalue weighted by Gasteiger charge is -2.16. The maximum atomic E-state index is 12.1. The van der Waals surface area contributed by atoms with E-state index in [-0.39, 0.29) is 35.1 Å². The second-order valence-corrected chi connectivity index (χ2v) is 5.83. The van der Waals surface area contributed by atoms with Crippen LogP contribution in [0.3, 0.4) is 0 Å². The van der Waals surface area contributed by atoms with Crippen molar-refractivity contribution in [1.29, 1.82) is 5.41 Å². The molecule has 3 amide bonds. The van der Waals surface area contributed by atoms with Crippen LogP contribution in [0.15, 0.2) is 40.7 Å². The van der Waals surface area contributed by atoms with E-state index in [4.69, 9.17) is 11.1 Å². The summed E-state index contributed by atoms with van der Waals surface area (Å²) >= 11 is 0. The third-order valence-corrected chi connectivity index (χ3v) is 3.68. The van der Waals surface area contributed by atoms with Crippen LogP contribution in [0.1, 0.15) is 23.7 Å². The number of nitrogens with one attached hydrogen (secondary N) is 4. The number of urea groups is 1. The lowest BCUT2D eigenvalue weighted by molar-refractivity contribution is -0.142. The Morgan fingerprint density at radius 2 is 1.89 bits per heavy atom. The van der Waals surface area contributed by atoms with Crippen LogP contribution in [-0.4, -0.2) is 47.8 Å². The molecular weight excluding hydrogens is 368 g/mol. The van der Waals surface area contributed by atoms with Gasteiger partial charge in [0.05, 0.1) is 13.5 Å². The summed E-state index contributed by atoms with van der Waals surface area (Å²) in [7, 11) is 1.22. The third-order valence-electron chi connectivity index (χ3n) is 3.68. The Hall–Kier alpha value is -3.89. The molecule has 28 heavy (non-hydrogen) atoms. The van der Waals surface area contributed by atoms with Crippen molar-refractivity contribution in [3.05, 3.63) is 41.3 Å². The predicted molar refractivity (Wildman–Crippen MR) is 101 cm³/mol. The first-order valence-corrected chi connectivity index (χ1v) is 8.12. The molecular formula is C17H20N6O5. The molecule has 0 bridgehead atoms. The second kappa shape index (κ2) is 8.66. The number of amidine groups is 2. The molecule has 2 rings (SSSR count). The van der Waals surface area contributed by atoms with E-state index in [2.05, 4.69) is 25.7 Å². The largest absolute Gasteiger partial charge is 0.510 e. The van der Waals surface area contributed by atoms with Crippen molar-refractivity contribution in [2.24, 2.45) is 10.7 Å². The topological polar surface area (TPSA) is 179 Å². The molecule has 0 saturated heterocycles. The van der Waals surface area contributed by atoms with E-state index in [1.807, 2.05) is 0 Å². The monoisotopic (exact) mass is 388 g/mol. The molecule has 0 spiro atoms. The van der Waals surface area contributed by atoms with Crippen molar-refractivity contribution in [3.8, 4) is 0 Å². The molecule has 1 aliphatic rings. The van der Waals surface area contributed by atoms with E-state index in [1.165, 1.54) is 38.3 Å². The number of rotatable bonds is 5. The summed E-state index contributed by atoms with van der Waals surface area (Å²) in [5.74, 6) is -1.60. The molecule has 1 aliphatic heterocycles. The lowest BCUT2D eigenvalue weighted by Crippen LogP contribution is -2.39. The van der Waals surface area contributed by atoms with E-state index < -0.39 is 23.9 Å². The molecule has 1 aromatic rings. The number of dihydropyridines is 1. The number of nitrogens with zero attached hydrogens (tertiary/aromatic N) is 1. The first kappa shape index (κ1) is 20.4. The number of carbonyl (C=O) groups is 3. The van der Waals surface area contributed by atoms with Gasteiger partial charge in [-0.05, 0) is 31.2 Å². The summed E-state index contributed by atoms with van der Waals surface area (Å²) in [6, 6.07) is 4.36. The van der Waals surface area contributed by atoms with Crippen LogP contribution in [0.5, 0.6) is 0 Å². The van der Waals surface area contributed by atoms with Gasteiger partial charge in [-0.3, -0.25) is 10.2 Å². The van der Waals surface area contributed by atoms with Gasteiger partial charge in [-0.1, -0.05) is 0 Å². The summed E-state index contributed by atoms with van der Waals surface area (Å²) in [5, 5.41) is 24.8. The van der Waals surface area contributed by atoms with Crippen molar-refractivity contribution in [1.82, 2.24) is 10.6 Å². The van der Waals surface area contributed by atoms with Crippen LogP contribution in [0, 0.1) is 5.41 Å². The number of hydrogen-bond donors (Lipinski definition) is 6. The first-order valence-electron chi connectivity index (χ1n) is 8.12. The molecule has 0 aliphatic carbocycles. The van der Waals surface area contributed by atoms with E-state index in [9.17, 15) is 19.5 Å². The number of aliphatic hydroxyl groups excluding tert-OH is 1. The van der Waals surface area contributed by atoms with E-state index in [0.717, 1.165) is 0 Å². The average molecular weight is 388 g/mol. The van der Waals surface area contributed by atoms with Gasteiger partial charge in [0.1, 0.15) is 23.3 Å². The molecule has 1 aromatic carbocycles. The highest BCUT2D eigenvalue weighted by Crippen LogP contribution is 2.13. The van der Waals surface area contributed by atoms with Crippen LogP contribution >= 0.6 is 0 Å². The lowest BCUT2D eigenvalue weighted by atomic mass is 10.2. The quantitative estimate of drug-likeness (QED) is 0.402. The molecule has 148 valence electrons. The zero-order chi connectivity index (χ0) is 20.8. The summed E-state index contributed by atoms with van der Waals surface area (Å²) in [6.45, 7) is 1.49. The number of ether oxygens (including phenoxy) is 1. The molecule has 0 radical (unpaired) electrons. The second-order valence-electron chi connectivity index (χ2n) is 5.83. The van der Waals surface area contributed by atoms with Gasteiger partial charge >= 0.3 is 12.0 Å². The number of methoxy groups -OCH3 is 1. The Bertz CT molecular complexity index is 875. The zero-order valence-corrected chi connectivity index (χ0v) is 15.2. The number of esters is 1. The van der Waals surface area contributed by atoms with E-state index in [1.54, 1.807) is 0 Å². The zero-order valence-electron chi connectivity index (χ0n) is 15.2. The molecule has 0 saturated carbocycles. The number of aliphatic imine (C=N–C) groups is 1. The van der Waals surface area contributed by atoms with Crippen molar-refractivity contribution in [2.45, 2.75) is 19.4 Å². The smallest absolute Gasteiger partial charge is 0.328 e. The van der Waals surface area contributed by atoms with Crippen molar-refractivity contribution in [3.63, 3.8) is 0 Å². The molecule has 0 unspecified atom stereocenters. The van der Waals surface area contributed by atoms with Crippen molar-refractivity contribution >= 4 is 35.3 Å². The highest BCUT2D eigenvalue weighted by Gasteiger charge is 2.20. The minimum atomic E-state index is -0.801. The number of nitrogens with two attached hydrogens (primary N) is 1. The maximum absolute atomic E-state index is 12.1. The number of benzene rings is 1. The van der Waals surface area contributed by atoms with E-state index in [0.29, 0.717) is 5.69 Å². The summed E-state index contributed by atoms with van der Waals surface area (Å²) in [5.41, 5.74) is 5.95. The van der Waals surface area contributed by atoms with Crippen LogP contribution in [-0.2, 0) is 9.53 Å². The normalized spacial score (nSPS) is 14.6. The number of hydrogen-bond acceptors (Lipinski definition) is 7. The Labute approximate surface area is 160 Å². The fraction of sp³-hybridized carbons (Fsp3) is 0.235. The first-order chi connectivity index (χ1) is 13.2. The van der Waals surface area contributed by atoms with Crippen LogP contribution in [0.2, 0.25) is 0 Å². The molecule has 1 heterocycles. The van der Waals surface area contributed by atoms with Gasteiger partial charge in [0.25, 0.3) is 5.91 Å². The summed E-state index contributed by atoms with van der Waals surface area (Å²) < 4.78 is 4.54. The van der Waals surface area contributed by atoms with E-state index >= 15 is 0 Å². The molecule has 11 heteroatoms. The molecule has 7 N–H and O–H groups in total. The van der Waals surface area contributed by atoms with Crippen LogP contribution < -0.4 is 21.7 Å². The van der Waals surface area contributed by atoms with Gasteiger partial charge in [-0.25, -0.2) is 14.6 Å². The Balaban J connectivity index is 1.96. The number of amides is 3. The fourth-order valence-corrected chi connectivity index (χ4v) is 2.26. The standard InChI is InChI=1S/C17H20N6O5/c1-8(16(26)28-2)20-15(25)9-3-5-10(6-4-9)21-17(27)23-13-11(24)7-12(18)22-14(13)19/h3-6,8,24H,7H2,1-2H3,(H,20,25)(H3,18,19,22)(H2,21,23,27)/t8-/m0/s1. The Morgan fingerprint density at radius 3 is 2.46 bits per heavy atom. The van der Waals surface area contributed by atoms with Gasteiger partial charge in [0.15, 0.2) is 5.84 Å². The Kier molecular flexibility index (Phi) is 6.32. The Morgan fingerprint density at radius 1 is 1.25 bits per heavy atom. The van der Waals surface area contributed by atoms with Gasteiger partial charge in [-0.2, -0.15) is 0 Å². The molecule has 1 atom stereocenters. The molecule has 11 nitrogen and oxygen atoms in total. The fourth-order valence-electron chi connectivity index (χ4n) is 2.26. The van der Waals surface area contributed by atoms with Gasteiger partial charge < -0.3 is 31.5 Å². The average Bonchev–Trinajstić information content (AvgIpc) is 2.64. The van der Waals surface area contributed by atoms with Crippen molar-refractivity contribution < 1.29 is 24.2 Å². The highest BCUT2D eigenvalue weighted by atomic mass is 16.5. The maximum Gasteiger partial charge on any atom is 0.328 e. The highest BCUT2D eigenvalue weighted by molar-refractivity contribution is 6.10.